The van der Waals surface area contributed by atoms with Crippen molar-refractivity contribution in [1.29, 1.82) is 0 Å². The highest BCUT2D eigenvalue weighted by Crippen LogP contribution is 2.30. The first kappa shape index (κ1) is 11.3. The second kappa shape index (κ2) is 4.65. The summed E-state index contributed by atoms with van der Waals surface area (Å²) in [5.41, 5.74) is 0.222. The molecule has 0 radical (unpaired) electrons. The van der Waals surface area contributed by atoms with E-state index in [0.717, 1.165) is 19.4 Å². The number of hydrogen-bond acceptors (Lipinski definition) is 1. The molecule has 0 aliphatic carbocycles. The minimum absolute atomic E-state index is 0.222. The van der Waals surface area contributed by atoms with Crippen LogP contribution in [0, 0.1) is 5.41 Å². The van der Waals surface area contributed by atoms with Crippen molar-refractivity contribution in [3.63, 3.8) is 0 Å². The maximum atomic E-state index is 6.28. The lowest BCUT2D eigenvalue weighted by molar-refractivity contribution is 0.0997. The van der Waals surface area contributed by atoms with Crippen LogP contribution >= 0.6 is 11.6 Å². The molecule has 2 atom stereocenters. The van der Waals surface area contributed by atoms with Crippen molar-refractivity contribution in [1.82, 2.24) is 0 Å². The lowest BCUT2D eigenvalue weighted by atomic mass is 9.88. The number of hydrogen-bond donors (Lipinski definition) is 0. The molecule has 2 heteroatoms. The molecule has 0 spiro atoms. The van der Waals surface area contributed by atoms with Crippen molar-refractivity contribution in [3.05, 3.63) is 0 Å². The van der Waals surface area contributed by atoms with Crippen LogP contribution in [0.5, 0.6) is 0 Å². The Morgan fingerprint density at radius 3 is 2.62 bits per heavy atom. The predicted octanol–water partition coefficient (Wildman–Crippen LogP) is 3.60. The fourth-order valence-corrected chi connectivity index (χ4v) is 1.76. The van der Waals surface area contributed by atoms with Gasteiger partial charge in [0, 0.05) is 12.0 Å². The molecule has 0 aromatic carbocycles. The molecular formula is C11H21ClO. The summed E-state index contributed by atoms with van der Waals surface area (Å²) in [6, 6.07) is 0. The van der Waals surface area contributed by atoms with E-state index in [1.54, 1.807) is 0 Å². The average Bonchev–Trinajstić information content (AvgIpc) is 2.50. The molecule has 1 nitrogen and oxygen atoms in total. The Hall–Kier alpha value is 0.250. The number of alkyl halides is 1. The van der Waals surface area contributed by atoms with Gasteiger partial charge in [-0.1, -0.05) is 20.8 Å². The van der Waals surface area contributed by atoms with Crippen molar-refractivity contribution >= 4 is 11.6 Å². The molecule has 1 rings (SSSR count). The van der Waals surface area contributed by atoms with Crippen LogP contribution in [0.2, 0.25) is 0 Å². The van der Waals surface area contributed by atoms with Crippen LogP contribution in [0.25, 0.3) is 0 Å². The van der Waals surface area contributed by atoms with Crippen LogP contribution in [0.3, 0.4) is 0 Å². The van der Waals surface area contributed by atoms with Gasteiger partial charge in [-0.2, -0.15) is 0 Å². The topological polar surface area (TPSA) is 9.23 Å². The number of rotatable bonds is 3. The molecule has 0 bridgehead atoms. The highest BCUT2D eigenvalue weighted by Gasteiger charge is 2.24. The van der Waals surface area contributed by atoms with Crippen LogP contribution < -0.4 is 0 Å². The van der Waals surface area contributed by atoms with E-state index in [1.165, 1.54) is 12.8 Å². The maximum Gasteiger partial charge on any atom is 0.0576 e. The van der Waals surface area contributed by atoms with Gasteiger partial charge in [0.15, 0.2) is 0 Å². The molecule has 1 fully saturated rings. The summed E-state index contributed by atoms with van der Waals surface area (Å²) >= 11 is 6.28. The van der Waals surface area contributed by atoms with E-state index in [1.807, 2.05) is 0 Å². The highest BCUT2D eigenvalue weighted by molar-refractivity contribution is 6.21. The van der Waals surface area contributed by atoms with Crippen LogP contribution in [0.4, 0.5) is 0 Å². The Labute approximate surface area is 86.8 Å². The van der Waals surface area contributed by atoms with Gasteiger partial charge in [-0.25, -0.2) is 0 Å². The summed E-state index contributed by atoms with van der Waals surface area (Å²) in [5, 5.41) is 0.275. The van der Waals surface area contributed by atoms with Gasteiger partial charge in [-0.05, 0) is 31.1 Å². The molecule has 1 aliphatic rings. The molecule has 13 heavy (non-hydrogen) atoms. The Balaban J connectivity index is 2.17. The van der Waals surface area contributed by atoms with E-state index < -0.39 is 0 Å². The molecule has 1 aliphatic heterocycles. The standard InChI is InChI=1S/C11H21ClO/c1-11(2,3)10(12)7-6-9-5-4-8-13-9/h9-10H,4-8H2,1-3H3. The van der Waals surface area contributed by atoms with E-state index in [0.29, 0.717) is 6.10 Å². The summed E-state index contributed by atoms with van der Waals surface area (Å²) in [4.78, 5) is 0. The Kier molecular flexibility index (Phi) is 4.06. The van der Waals surface area contributed by atoms with E-state index in [-0.39, 0.29) is 10.8 Å². The number of ether oxygens (including phenoxy) is 1. The predicted molar refractivity (Wildman–Crippen MR) is 57.3 cm³/mol. The molecule has 78 valence electrons. The first-order chi connectivity index (χ1) is 6.00. The molecule has 0 saturated carbocycles. The second-order valence-corrected chi connectivity index (χ2v) is 5.57. The summed E-state index contributed by atoms with van der Waals surface area (Å²) in [6.07, 6.45) is 5.16. The molecule has 0 aromatic heterocycles. The molecular weight excluding hydrogens is 184 g/mol. The minimum atomic E-state index is 0.222. The van der Waals surface area contributed by atoms with Crippen molar-refractivity contribution in [2.24, 2.45) is 5.41 Å². The van der Waals surface area contributed by atoms with Gasteiger partial charge in [0.2, 0.25) is 0 Å². The van der Waals surface area contributed by atoms with Crippen LogP contribution in [0.1, 0.15) is 46.5 Å². The normalized spacial score (nSPS) is 26.3. The Morgan fingerprint density at radius 2 is 2.15 bits per heavy atom. The number of halogens is 1. The SMILES string of the molecule is CC(C)(C)C(Cl)CCC1CCCO1. The fraction of sp³-hybridized carbons (Fsp3) is 1.00. The molecule has 2 unspecified atom stereocenters. The molecule has 0 N–H and O–H groups in total. The van der Waals surface area contributed by atoms with Crippen LogP contribution in [0.15, 0.2) is 0 Å². The van der Waals surface area contributed by atoms with Crippen LogP contribution in [-0.4, -0.2) is 18.1 Å². The smallest absolute Gasteiger partial charge is 0.0576 e. The summed E-state index contributed by atoms with van der Waals surface area (Å²) in [5.74, 6) is 0. The lowest BCUT2D eigenvalue weighted by Crippen LogP contribution is -2.22. The summed E-state index contributed by atoms with van der Waals surface area (Å²) in [7, 11) is 0. The average molecular weight is 205 g/mol. The van der Waals surface area contributed by atoms with Crippen molar-refractivity contribution < 1.29 is 4.74 Å². The highest BCUT2D eigenvalue weighted by atomic mass is 35.5. The molecule has 1 saturated heterocycles. The van der Waals surface area contributed by atoms with Gasteiger partial charge < -0.3 is 4.74 Å². The van der Waals surface area contributed by atoms with Gasteiger partial charge in [-0.3, -0.25) is 0 Å². The Morgan fingerprint density at radius 1 is 1.46 bits per heavy atom. The summed E-state index contributed by atoms with van der Waals surface area (Å²) in [6.45, 7) is 7.54. The van der Waals surface area contributed by atoms with E-state index >= 15 is 0 Å². The zero-order valence-corrected chi connectivity index (χ0v) is 9.73. The quantitative estimate of drug-likeness (QED) is 0.639. The maximum absolute atomic E-state index is 6.28. The van der Waals surface area contributed by atoms with Crippen molar-refractivity contribution in [2.45, 2.75) is 57.9 Å². The van der Waals surface area contributed by atoms with Crippen LogP contribution in [-0.2, 0) is 4.74 Å². The largest absolute Gasteiger partial charge is 0.378 e. The van der Waals surface area contributed by atoms with Crippen molar-refractivity contribution in [3.8, 4) is 0 Å². The fourth-order valence-electron chi connectivity index (χ4n) is 1.64. The van der Waals surface area contributed by atoms with Crippen molar-refractivity contribution in [2.75, 3.05) is 6.61 Å². The lowest BCUT2D eigenvalue weighted by Gasteiger charge is -2.25. The third kappa shape index (κ3) is 3.86. The second-order valence-electron chi connectivity index (χ2n) is 5.05. The molecule has 1 heterocycles. The third-order valence-electron chi connectivity index (χ3n) is 2.71. The van der Waals surface area contributed by atoms with E-state index in [2.05, 4.69) is 20.8 Å². The van der Waals surface area contributed by atoms with Gasteiger partial charge in [0.25, 0.3) is 0 Å². The van der Waals surface area contributed by atoms with Gasteiger partial charge in [-0.15, -0.1) is 11.6 Å². The molecule has 0 aromatic rings. The Bertz CT molecular complexity index is 145. The zero-order valence-electron chi connectivity index (χ0n) is 8.98. The van der Waals surface area contributed by atoms with Gasteiger partial charge in [0.1, 0.15) is 0 Å². The molecule has 0 amide bonds. The summed E-state index contributed by atoms with van der Waals surface area (Å²) < 4.78 is 5.56. The van der Waals surface area contributed by atoms with E-state index in [9.17, 15) is 0 Å². The first-order valence-corrected chi connectivity index (χ1v) is 5.69. The van der Waals surface area contributed by atoms with Gasteiger partial charge >= 0.3 is 0 Å². The monoisotopic (exact) mass is 204 g/mol. The third-order valence-corrected chi connectivity index (χ3v) is 3.58. The van der Waals surface area contributed by atoms with Gasteiger partial charge in [0.05, 0.1) is 6.10 Å². The first-order valence-electron chi connectivity index (χ1n) is 5.26. The minimum Gasteiger partial charge on any atom is -0.378 e. The zero-order chi connectivity index (χ0) is 9.90. The van der Waals surface area contributed by atoms with E-state index in [4.69, 9.17) is 16.3 Å².